The van der Waals surface area contributed by atoms with Crippen LogP contribution >= 0.6 is 0 Å². The Kier molecular flexibility index (Phi) is 8.03. The van der Waals surface area contributed by atoms with Crippen LogP contribution < -0.4 is 16.2 Å². The summed E-state index contributed by atoms with van der Waals surface area (Å²) in [5.41, 5.74) is 1.76. The zero-order valence-corrected chi connectivity index (χ0v) is 21.7. The smallest absolute Gasteiger partial charge is 0.270 e. The SMILES string of the molecule is CC(C)n1nccc1C(=O)NC(C(=O)Nc1cc(Cc2cccc(=O)n2C)ccn1)C1CCC(F)(F)CC1. The van der Waals surface area contributed by atoms with E-state index >= 15 is 0 Å². The van der Waals surface area contributed by atoms with Crippen molar-refractivity contribution in [2.75, 3.05) is 5.32 Å². The van der Waals surface area contributed by atoms with Crippen LogP contribution in [0.1, 0.15) is 67.3 Å². The molecule has 3 aromatic rings. The van der Waals surface area contributed by atoms with Crippen molar-refractivity contribution >= 4 is 17.6 Å². The van der Waals surface area contributed by atoms with Crippen LogP contribution in [0.3, 0.4) is 0 Å². The van der Waals surface area contributed by atoms with Crippen molar-refractivity contribution < 1.29 is 18.4 Å². The first-order chi connectivity index (χ1) is 18.0. The van der Waals surface area contributed by atoms with E-state index in [9.17, 15) is 23.2 Å². The highest BCUT2D eigenvalue weighted by molar-refractivity contribution is 6.00. The molecule has 0 spiro atoms. The Morgan fingerprint density at radius 2 is 1.87 bits per heavy atom. The first-order valence-electron chi connectivity index (χ1n) is 12.7. The summed E-state index contributed by atoms with van der Waals surface area (Å²) >= 11 is 0. The summed E-state index contributed by atoms with van der Waals surface area (Å²) in [6.45, 7) is 3.76. The molecular weight excluding hydrogens is 494 g/mol. The lowest BCUT2D eigenvalue weighted by atomic mass is 9.81. The number of aromatic nitrogens is 4. The Bertz CT molecular complexity index is 1360. The number of pyridine rings is 2. The molecule has 9 nitrogen and oxygen atoms in total. The van der Waals surface area contributed by atoms with Gasteiger partial charge in [-0.1, -0.05) is 6.07 Å². The summed E-state index contributed by atoms with van der Waals surface area (Å²) in [7, 11) is 1.69. The van der Waals surface area contributed by atoms with Gasteiger partial charge < -0.3 is 15.2 Å². The van der Waals surface area contributed by atoms with Crippen LogP contribution in [-0.2, 0) is 18.3 Å². The molecular formula is C27H32F2N6O3. The molecule has 1 aliphatic carbocycles. The number of carbonyl (C=O) groups excluding carboxylic acids is 2. The fraction of sp³-hybridized carbons (Fsp3) is 0.444. The van der Waals surface area contributed by atoms with Gasteiger partial charge in [-0.3, -0.25) is 19.1 Å². The molecule has 0 aliphatic heterocycles. The van der Waals surface area contributed by atoms with Gasteiger partial charge in [0.25, 0.3) is 5.91 Å². The van der Waals surface area contributed by atoms with Gasteiger partial charge >= 0.3 is 0 Å². The topological polar surface area (TPSA) is 111 Å². The highest BCUT2D eigenvalue weighted by Gasteiger charge is 2.40. The first kappa shape index (κ1) is 27.2. The van der Waals surface area contributed by atoms with E-state index in [-0.39, 0.29) is 48.8 Å². The Hall–Kier alpha value is -3.89. The maximum Gasteiger partial charge on any atom is 0.270 e. The van der Waals surface area contributed by atoms with Gasteiger partial charge in [0.1, 0.15) is 17.6 Å². The summed E-state index contributed by atoms with van der Waals surface area (Å²) in [5, 5.41) is 9.70. The van der Waals surface area contributed by atoms with Crippen LogP contribution in [0.2, 0.25) is 0 Å². The lowest BCUT2D eigenvalue weighted by molar-refractivity contribution is -0.121. The van der Waals surface area contributed by atoms with Crippen molar-refractivity contribution in [2.45, 2.75) is 64.0 Å². The number of carbonyl (C=O) groups is 2. The highest BCUT2D eigenvalue weighted by Crippen LogP contribution is 2.37. The van der Waals surface area contributed by atoms with E-state index in [4.69, 9.17) is 0 Å². The second kappa shape index (κ2) is 11.2. The Labute approximate surface area is 219 Å². The molecule has 1 unspecified atom stereocenters. The van der Waals surface area contributed by atoms with E-state index < -0.39 is 29.7 Å². The van der Waals surface area contributed by atoms with Gasteiger partial charge in [0, 0.05) is 56.5 Å². The molecule has 1 saturated carbocycles. The van der Waals surface area contributed by atoms with Crippen LogP contribution in [0.25, 0.3) is 0 Å². The Morgan fingerprint density at radius 3 is 2.58 bits per heavy atom. The third-order valence-corrected chi connectivity index (χ3v) is 6.94. The lowest BCUT2D eigenvalue weighted by Crippen LogP contribution is -2.50. The maximum atomic E-state index is 13.9. The van der Waals surface area contributed by atoms with Crippen LogP contribution in [0.4, 0.5) is 14.6 Å². The minimum atomic E-state index is -2.77. The molecule has 0 radical (unpaired) electrons. The van der Waals surface area contributed by atoms with Crippen LogP contribution in [0.5, 0.6) is 0 Å². The lowest BCUT2D eigenvalue weighted by Gasteiger charge is -2.33. The number of alkyl halides is 2. The molecule has 202 valence electrons. The number of halogens is 2. The average molecular weight is 527 g/mol. The molecule has 0 bridgehead atoms. The molecule has 1 fully saturated rings. The van der Waals surface area contributed by atoms with Crippen molar-refractivity contribution in [3.8, 4) is 0 Å². The van der Waals surface area contributed by atoms with Gasteiger partial charge in [-0.15, -0.1) is 0 Å². The third-order valence-electron chi connectivity index (χ3n) is 6.94. The van der Waals surface area contributed by atoms with Crippen molar-refractivity contribution in [2.24, 2.45) is 13.0 Å². The summed E-state index contributed by atoms with van der Waals surface area (Å²) in [4.78, 5) is 42.8. The molecule has 3 heterocycles. The van der Waals surface area contributed by atoms with E-state index in [0.29, 0.717) is 6.42 Å². The van der Waals surface area contributed by atoms with E-state index in [1.165, 1.54) is 12.3 Å². The van der Waals surface area contributed by atoms with Crippen LogP contribution in [0, 0.1) is 5.92 Å². The number of hydrogen-bond donors (Lipinski definition) is 2. The van der Waals surface area contributed by atoms with E-state index in [2.05, 4.69) is 20.7 Å². The number of rotatable bonds is 8. The quantitative estimate of drug-likeness (QED) is 0.465. The molecule has 4 rings (SSSR count). The van der Waals surface area contributed by atoms with Gasteiger partial charge in [-0.05, 0) is 62.4 Å². The number of anilines is 1. The molecule has 2 N–H and O–H groups in total. The fourth-order valence-corrected chi connectivity index (χ4v) is 4.76. The molecule has 1 atom stereocenters. The molecule has 0 saturated heterocycles. The standard InChI is InChI=1S/C27H32F2N6O3/c1-17(2)35-21(10-14-31-35)25(37)33-24(19-7-11-27(28,29)12-8-19)26(38)32-22-16-18(9-13-30-22)15-20-5-4-6-23(36)34(20)3/h4-6,9-10,13-14,16-17,19,24H,7-8,11-12,15H2,1-3H3,(H,33,37)(H,30,32,38). The van der Waals surface area contributed by atoms with E-state index in [1.54, 1.807) is 46.8 Å². The zero-order chi connectivity index (χ0) is 27.4. The number of amides is 2. The van der Waals surface area contributed by atoms with Gasteiger partial charge in [0.2, 0.25) is 17.4 Å². The van der Waals surface area contributed by atoms with Gasteiger partial charge in [0.15, 0.2) is 0 Å². The molecule has 0 aromatic carbocycles. The first-order valence-corrected chi connectivity index (χ1v) is 12.7. The van der Waals surface area contributed by atoms with Gasteiger partial charge in [-0.25, -0.2) is 13.8 Å². The monoisotopic (exact) mass is 526 g/mol. The summed E-state index contributed by atoms with van der Waals surface area (Å²) in [6, 6.07) is 8.92. The molecule has 11 heteroatoms. The maximum absolute atomic E-state index is 13.9. The number of hydrogen-bond acceptors (Lipinski definition) is 5. The highest BCUT2D eigenvalue weighted by atomic mass is 19.3. The molecule has 1 aliphatic rings. The average Bonchev–Trinajstić information content (AvgIpc) is 3.36. The fourth-order valence-electron chi connectivity index (χ4n) is 4.76. The zero-order valence-electron chi connectivity index (χ0n) is 21.7. The summed E-state index contributed by atoms with van der Waals surface area (Å²) in [6.07, 6.45) is 3.00. The van der Waals surface area contributed by atoms with Crippen LogP contribution in [-0.4, -0.2) is 43.1 Å². The second-order valence-corrected chi connectivity index (χ2v) is 10.0. The van der Waals surface area contributed by atoms with Gasteiger partial charge in [0.05, 0.1) is 0 Å². The van der Waals surface area contributed by atoms with Crippen LogP contribution in [0.15, 0.2) is 53.6 Å². The van der Waals surface area contributed by atoms with E-state index in [1.807, 2.05) is 19.9 Å². The van der Waals surface area contributed by atoms with Gasteiger partial charge in [-0.2, -0.15) is 5.10 Å². The second-order valence-electron chi connectivity index (χ2n) is 10.0. The molecule has 2 amide bonds. The van der Waals surface area contributed by atoms with Crippen molar-refractivity contribution in [1.29, 1.82) is 0 Å². The van der Waals surface area contributed by atoms with E-state index in [0.717, 1.165) is 11.3 Å². The van der Waals surface area contributed by atoms with Crippen molar-refractivity contribution in [1.82, 2.24) is 24.6 Å². The predicted molar refractivity (Wildman–Crippen MR) is 138 cm³/mol. The predicted octanol–water partition coefficient (Wildman–Crippen LogP) is 3.71. The Balaban J connectivity index is 1.54. The summed E-state index contributed by atoms with van der Waals surface area (Å²) in [5.74, 6) is -4.00. The minimum absolute atomic E-state index is 0.0811. The van der Waals surface area contributed by atoms with Crippen molar-refractivity contribution in [3.63, 3.8) is 0 Å². The summed E-state index contributed by atoms with van der Waals surface area (Å²) < 4.78 is 30.8. The number of nitrogens with one attached hydrogen (secondary N) is 2. The normalized spacial score (nSPS) is 16.3. The molecule has 3 aromatic heterocycles. The van der Waals surface area contributed by atoms with Crippen molar-refractivity contribution in [3.05, 3.63) is 76.1 Å². The largest absolute Gasteiger partial charge is 0.339 e. The molecule has 38 heavy (non-hydrogen) atoms. The Morgan fingerprint density at radius 1 is 1.13 bits per heavy atom. The minimum Gasteiger partial charge on any atom is -0.339 e. The number of nitrogens with zero attached hydrogens (tertiary/aromatic N) is 4. The third kappa shape index (κ3) is 6.32.